The van der Waals surface area contributed by atoms with Crippen LogP contribution in [0.25, 0.3) is 10.9 Å². The van der Waals surface area contributed by atoms with Crippen LogP contribution in [0.5, 0.6) is 0 Å². The summed E-state index contributed by atoms with van der Waals surface area (Å²) in [6, 6.07) is 16.4. The molecule has 0 atom stereocenters. The number of carbonyl (C=O) groups excluding carboxylic acids is 1. The Balaban J connectivity index is 1.52. The van der Waals surface area contributed by atoms with Crippen molar-refractivity contribution in [2.24, 2.45) is 0 Å². The Morgan fingerprint density at radius 3 is 2.88 bits per heavy atom. The summed E-state index contributed by atoms with van der Waals surface area (Å²) in [6.45, 7) is 2.59. The highest BCUT2D eigenvalue weighted by atomic mass is 16.2. The summed E-state index contributed by atoms with van der Waals surface area (Å²) in [5, 5.41) is 4.45. The zero-order valence-corrected chi connectivity index (χ0v) is 13.8. The van der Waals surface area contributed by atoms with Crippen LogP contribution in [-0.4, -0.2) is 29.4 Å². The van der Waals surface area contributed by atoms with E-state index in [9.17, 15) is 4.79 Å². The second kappa shape index (κ2) is 6.13. The molecule has 122 valence electrons. The molecule has 0 spiro atoms. The normalized spacial score (nSPS) is 13.7. The molecule has 4 rings (SSSR count). The molecule has 2 N–H and O–H groups in total. The van der Waals surface area contributed by atoms with E-state index in [1.54, 1.807) is 4.90 Å². The molecule has 0 unspecified atom stereocenters. The predicted molar refractivity (Wildman–Crippen MR) is 95.9 cm³/mol. The van der Waals surface area contributed by atoms with Gasteiger partial charge in [0, 0.05) is 31.0 Å². The molecule has 24 heavy (non-hydrogen) atoms. The van der Waals surface area contributed by atoms with Gasteiger partial charge in [0.1, 0.15) is 5.69 Å². The smallest absolute Gasteiger partial charge is 0.270 e. The van der Waals surface area contributed by atoms with E-state index >= 15 is 0 Å². The Morgan fingerprint density at radius 1 is 1.12 bits per heavy atom. The van der Waals surface area contributed by atoms with Gasteiger partial charge in [0.25, 0.3) is 5.91 Å². The molecule has 2 heterocycles. The highest BCUT2D eigenvalue weighted by molar-refractivity contribution is 5.97. The number of hydrogen-bond acceptors (Lipinski definition) is 2. The number of amides is 1. The van der Waals surface area contributed by atoms with E-state index in [1.807, 2.05) is 37.4 Å². The summed E-state index contributed by atoms with van der Waals surface area (Å²) < 4.78 is 0. The largest absolute Gasteiger partial charge is 0.351 e. The van der Waals surface area contributed by atoms with Crippen LogP contribution in [-0.2, 0) is 19.5 Å². The molecule has 0 bridgehead atoms. The molecule has 1 aromatic heterocycles. The molecule has 3 aromatic rings. The van der Waals surface area contributed by atoms with Crippen molar-refractivity contribution in [1.82, 2.24) is 15.2 Å². The second-order valence-corrected chi connectivity index (χ2v) is 6.46. The Labute approximate surface area is 141 Å². The number of rotatable bonds is 3. The molecule has 1 aliphatic heterocycles. The van der Waals surface area contributed by atoms with Crippen molar-refractivity contribution in [2.75, 3.05) is 13.6 Å². The molecular weight excluding hydrogens is 298 g/mol. The summed E-state index contributed by atoms with van der Waals surface area (Å²) in [6.07, 6.45) is 1.06. The molecule has 0 saturated carbocycles. The zero-order valence-electron chi connectivity index (χ0n) is 13.8. The van der Waals surface area contributed by atoms with Crippen molar-refractivity contribution < 1.29 is 4.79 Å². The summed E-state index contributed by atoms with van der Waals surface area (Å²) in [4.78, 5) is 17.7. The average Bonchev–Trinajstić information content (AvgIpc) is 3.05. The van der Waals surface area contributed by atoms with Crippen LogP contribution in [0.2, 0.25) is 0 Å². The number of para-hydroxylation sites is 1. The zero-order chi connectivity index (χ0) is 16.5. The van der Waals surface area contributed by atoms with Crippen molar-refractivity contribution in [2.45, 2.75) is 19.5 Å². The fourth-order valence-corrected chi connectivity index (χ4v) is 3.37. The quantitative estimate of drug-likeness (QED) is 0.779. The number of nitrogens with zero attached hydrogens (tertiary/aromatic N) is 1. The summed E-state index contributed by atoms with van der Waals surface area (Å²) in [7, 11) is 1.86. The molecule has 1 aliphatic rings. The van der Waals surface area contributed by atoms with Crippen molar-refractivity contribution in [1.29, 1.82) is 0 Å². The number of benzene rings is 2. The maximum atomic E-state index is 12.7. The number of aromatic nitrogens is 1. The van der Waals surface area contributed by atoms with E-state index < -0.39 is 0 Å². The number of hydrogen-bond donors (Lipinski definition) is 2. The molecule has 1 amide bonds. The van der Waals surface area contributed by atoms with Crippen LogP contribution < -0.4 is 5.32 Å². The third-order valence-electron chi connectivity index (χ3n) is 4.68. The van der Waals surface area contributed by atoms with E-state index in [2.05, 4.69) is 28.5 Å². The first kappa shape index (κ1) is 15.0. The third kappa shape index (κ3) is 2.81. The Hall–Kier alpha value is -2.59. The fourth-order valence-electron chi connectivity index (χ4n) is 3.37. The number of fused-ring (bicyclic) bond motifs is 2. The van der Waals surface area contributed by atoms with Crippen LogP contribution in [0.4, 0.5) is 0 Å². The Morgan fingerprint density at radius 2 is 2.00 bits per heavy atom. The van der Waals surface area contributed by atoms with E-state index in [-0.39, 0.29) is 5.91 Å². The highest BCUT2D eigenvalue weighted by Crippen LogP contribution is 2.19. The minimum absolute atomic E-state index is 0.0191. The van der Waals surface area contributed by atoms with Crippen LogP contribution in [0.1, 0.15) is 27.2 Å². The van der Waals surface area contributed by atoms with E-state index in [0.717, 1.165) is 30.4 Å². The first-order chi connectivity index (χ1) is 11.7. The standard InChI is InChI=1S/C20H21N3O/c1-23(13-14-6-7-17-12-21-9-8-15(17)10-14)20(24)19-11-16-4-2-3-5-18(16)22-19/h2-7,10-11,21-22H,8-9,12-13H2,1H3. The van der Waals surface area contributed by atoms with E-state index in [4.69, 9.17) is 0 Å². The summed E-state index contributed by atoms with van der Waals surface area (Å²) in [5.74, 6) is 0.0191. The lowest BCUT2D eigenvalue weighted by Crippen LogP contribution is -2.27. The van der Waals surface area contributed by atoms with Gasteiger partial charge in [-0.25, -0.2) is 0 Å². The molecule has 2 aromatic carbocycles. The van der Waals surface area contributed by atoms with Crippen molar-refractivity contribution in [3.8, 4) is 0 Å². The lowest BCUT2D eigenvalue weighted by atomic mass is 9.98. The van der Waals surface area contributed by atoms with E-state index in [1.165, 1.54) is 16.7 Å². The SMILES string of the molecule is CN(Cc1ccc2c(c1)CCNC2)C(=O)c1cc2ccccc2[nH]1. The van der Waals surface area contributed by atoms with Gasteiger partial charge in [-0.1, -0.05) is 36.4 Å². The lowest BCUT2D eigenvalue weighted by molar-refractivity contribution is 0.0780. The molecule has 4 nitrogen and oxygen atoms in total. The maximum Gasteiger partial charge on any atom is 0.270 e. The first-order valence-corrected chi connectivity index (χ1v) is 8.35. The van der Waals surface area contributed by atoms with Gasteiger partial charge in [-0.05, 0) is 41.8 Å². The predicted octanol–water partition coefficient (Wildman–Crippen LogP) is 3.09. The lowest BCUT2D eigenvalue weighted by Gasteiger charge is -2.20. The number of aromatic amines is 1. The van der Waals surface area contributed by atoms with E-state index in [0.29, 0.717) is 12.2 Å². The first-order valence-electron chi connectivity index (χ1n) is 8.35. The monoisotopic (exact) mass is 319 g/mol. The molecule has 4 heteroatoms. The van der Waals surface area contributed by atoms with Gasteiger partial charge in [-0.3, -0.25) is 4.79 Å². The Kier molecular flexibility index (Phi) is 3.82. The molecular formula is C20H21N3O. The van der Waals surface area contributed by atoms with Gasteiger partial charge in [0.15, 0.2) is 0 Å². The van der Waals surface area contributed by atoms with Gasteiger partial charge in [0.05, 0.1) is 0 Å². The van der Waals surface area contributed by atoms with Crippen LogP contribution >= 0.6 is 0 Å². The molecule has 0 aliphatic carbocycles. The average molecular weight is 319 g/mol. The van der Waals surface area contributed by atoms with Crippen molar-refractivity contribution >= 4 is 16.8 Å². The summed E-state index contributed by atoms with van der Waals surface area (Å²) >= 11 is 0. The fraction of sp³-hybridized carbons (Fsp3) is 0.250. The second-order valence-electron chi connectivity index (χ2n) is 6.46. The summed E-state index contributed by atoms with van der Waals surface area (Å²) in [5.41, 5.74) is 5.59. The van der Waals surface area contributed by atoms with Crippen LogP contribution in [0, 0.1) is 0 Å². The third-order valence-corrected chi connectivity index (χ3v) is 4.68. The number of H-pyrrole nitrogens is 1. The van der Waals surface area contributed by atoms with Gasteiger partial charge in [-0.15, -0.1) is 0 Å². The van der Waals surface area contributed by atoms with Gasteiger partial charge < -0.3 is 15.2 Å². The highest BCUT2D eigenvalue weighted by Gasteiger charge is 2.16. The van der Waals surface area contributed by atoms with Crippen LogP contribution in [0.3, 0.4) is 0 Å². The number of carbonyl (C=O) groups is 1. The van der Waals surface area contributed by atoms with Crippen LogP contribution in [0.15, 0.2) is 48.5 Å². The van der Waals surface area contributed by atoms with Gasteiger partial charge in [-0.2, -0.15) is 0 Å². The molecule has 0 radical (unpaired) electrons. The van der Waals surface area contributed by atoms with Gasteiger partial charge >= 0.3 is 0 Å². The number of nitrogens with one attached hydrogen (secondary N) is 2. The van der Waals surface area contributed by atoms with Crippen molar-refractivity contribution in [3.05, 3.63) is 70.9 Å². The maximum absolute atomic E-state index is 12.7. The van der Waals surface area contributed by atoms with Crippen molar-refractivity contribution in [3.63, 3.8) is 0 Å². The Bertz CT molecular complexity index is 864. The molecule has 0 fully saturated rings. The topological polar surface area (TPSA) is 48.1 Å². The molecule has 0 saturated heterocycles. The minimum atomic E-state index is 0.0191. The minimum Gasteiger partial charge on any atom is -0.351 e. The van der Waals surface area contributed by atoms with Gasteiger partial charge in [0.2, 0.25) is 0 Å².